The summed E-state index contributed by atoms with van der Waals surface area (Å²) in [6.45, 7) is 4.88. The van der Waals surface area contributed by atoms with Gasteiger partial charge in [-0.15, -0.1) is 0 Å². The lowest BCUT2D eigenvalue weighted by molar-refractivity contribution is -0.127. The second-order valence-electron chi connectivity index (χ2n) is 6.08. The number of nitrogens with one attached hydrogen (secondary N) is 2. The standard InChI is InChI=1S/C17H28N6O/c1-4-18-17(20-13-16(24)22(2)3)21-14-8-11-23(12-9-14)15-7-5-6-10-19-15/h5-7,10,14H,4,8-9,11-13H2,1-3H3,(H2,18,20,21). The number of carbonyl (C=O) groups is 1. The molecule has 2 heterocycles. The van der Waals surface area contributed by atoms with E-state index in [2.05, 4.69) is 25.5 Å². The molecule has 0 bridgehead atoms. The molecule has 1 amide bonds. The molecule has 0 saturated carbocycles. The predicted molar refractivity (Wildman–Crippen MR) is 97.3 cm³/mol. The molecule has 1 fully saturated rings. The van der Waals surface area contributed by atoms with E-state index in [9.17, 15) is 4.79 Å². The predicted octanol–water partition coefficient (Wildman–Crippen LogP) is 0.694. The van der Waals surface area contributed by atoms with Gasteiger partial charge in [0.05, 0.1) is 0 Å². The smallest absolute Gasteiger partial charge is 0.243 e. The van der Waals surface area contributed by atoms with Crippen LogP contribution in [0.25, 0.3) is 0 Å². The summed E-state index contributed by atoms with van der Waals surface area (Å²) in [5, 5.41) is 6.65. The van der Waals surface area contributed by atoms with Gasteiger partial charge >= 0.3 is 0 Å². The third-order valence-electron chi connectivity index (χ3n) is 4.02. The summed E-state index contributed by atoms with van der Waals surface area (Å²) in [7, 11) is 3.48. The number of amides is 1. The number of pyridine rings is 1. The highest BCUT2D eigenvalue weighted by Crippen LogP contribution is 2.17. The highest BCUT2D eigenvalue weighted by Gasteiger charge is 2.20. The van der Waals surface area contributed by atoms with Gasteiger partial charge in [-0.25, -0.2) is 9.98 Å². The van der Waals surface area contributed by atoms with Gasteiger partial charge in [0.25, 0.3) is 0 Å². The molecule has 2 rings (SSSR count). The average molecular weight is 332 g/mol. The largest absolute Gasteiger partial charge is 0.357 e. The number of hydrogen-bond acceptors (Lipinski definition) is 4. The molecule has 0 aromatic carbocycles. The van der Waals surface area contributed by atoms with Crippen LogP contribution in [0.5, 0.6) is 0 Å². The van der Waals surface area contributed by atoms with Crippen molar-refractivity contribution in [2.75, 3.05) is 45.2 Å². The fourth-order valence-corrected chi connectivity index (χ4v) is 2.60. The second-order valence-corrected chi connectivity index (χ2v) is 6.08. The lowest BCUT2D eigenvalue weighted by atomic mass is 10.1. The first-order valence-corrected chi connectivity index (χ1v) is 8.51. The van der Waals surface area contributed by atoms with Gasteiger partial charge < -0.3 is 20.4 Å². The maximum atomic E-state index is 11.7. The van der Waals surface area contributed by atoms with E-state index in [-0.39, 0.29) is 12.5 Å². The van der Waals surface area contributed by atoms with Crippen LogP contribution in [0, 0.1) is 0 Å². The minimum absolute atomic E-state index is 0.00262. The van der Waals surface area contributed by atoms with Crippen molar-refractivity contribution in [2.24, 2.45) is 4.99 Å². The molecule has 0 aliphatic carbocycles. The van der Waals surface area contributed by atoms with Crippen LogP contribution in [0.4, 0.5) is 5.82 Å². The zero-order valence-electron chi connectivity index (χ0n) is 14.8. The molecule has 1 aromatic rings. The van der Waals surface area contributed by atoms with E-state index in [1.165, 1.54) is 0 Å². The molecule has 1 aliphatic heterocycles. The van der Waals surface area contributed by atoms with Crippen molar-refractivity contribution >= 4 is 17.7 Å². The summed E-state index contributed by atoms with van der Waals surface area (Å²) in [5.74, 6) is 1.74. The van der Waals surface area contributed by atoms with Gasteiger partial charge in [-0.2, -0.15) is 0 Å². The number of anilines is 1. The first kappa shape index (κ1) is 18.0. The number of aliphatic imine (C=N–C) groups is 1. The van der Waals surface area contributed by atoms with Crippen molar-refractivity contribution < 1.29 is 4.79 Å². The molecule has 0 radical (unpaired) electrons. The van der Waals surface area contributed by atoms with Crippen LogP contribution in [0.3, 0.4) is 0 Å². The van der Waals surface area contributed by atoms with Crippen molar-refractivity contribution in [1.82, 2.24) is 20.5 Å². The summed E-state index contributed by atoms with van der Waals surface area (Å²) in [5.41, 5.74) is 0. The van der Waals surface area contributed by atoms with Crippen LogP contribution in [0.2, 0.25) is 0 Å². The SMILES string of the molecule is CCNC(=NCC(=O)N(C)C)NC1CCN(c2ccccn2)CC1. The molecule has 1 aliphatic rings. The number of piperidine rings is 1. The normalized spacial score (nSPS) is 16.0. The van der Waals surface area contributed by atoms with E-state index in [0.717, 1.165) is 38.3 Å². The molecule has 7 heteroatoms. The number of carbonyl (C=O) groups excluding carboxylic acids is 1. The van der Waals surface area contributed by atoms with Crippen LogP contribution >= 0.6 is 0 Å². The lowest BCUT2D eigenvalue weighted by Gasteiger charge is -2.33. The van der Waals surface area contributed by atoms with Gasteiger partial charge in [-0.3, -0.25) is 4.79 Å². The zero-order chi connectivity index (χ0) is 17.4. The van der Waals surface area contributed by atoms with E-state index in [4.69, 9.17) is 0 Å². The molecule has 0 unspecified atom stereocenters. The van der Waals surface area contributed by atoms with Gasteiger partial charge in [-0.1, -0.05) is 6.07 Å². The molecule has 7 nitrogen and oxygen atoms in total. The lowest BCUT2D eigenvalue weighted by Crippen LogP contribution is -2.49. The number of rotatable bonds is 5. The molecule has 2 N–H and O–H groups in total. The number of guanidine groups is 1. The Labute approximate surface area is 144 Å². The quantitative estimate of drug-likeness (QED) is 0.613. The zero-order valence-corrected chi connectivity index (χ0v) is 14.8. The summed E-state index contributed by atoms with van der Waals surface area (Å²) in [6, 6.07) is 6.36. The Morgan fingerprint density at radius 2 is 2.12 bits per heavy atom. The van der Waals surface area contributed by atoms with Crippen LogP contribution in [0.15, 0.2) is 29.4 Å². The molecule has 0 spiro atoms. The van der Waals surface area contributed by atoms with E-state index in [1.54, 1.807) is 19.0 Å². The van der Waals surface area contributed by atoms with Gasteiger partial charge in [0.1, 0.15) is 12.4 Å². The molecule has 24 heavy (non-hydrogen) atoms. The Bertz CT molecular complexity index is 537. The van der Waals surface area contributed by atoms with Crippen molar-refractivity contribution in [3.63, 3.8) is 0 Å². The summed E-state index contributed by atoms with van der Waals surface area (Å²) >= 11 is 0. The van der Waals surface area contributed by atoms with Crippen molar-refractivity contribution in [2.45, 2.75) is 25.8 Å². The Kier molecular flexibility index (Phi) is 6.84. The van der Waals surface area contributed by atoms with Gasteiger partial charge in [0.15, 0.2) is 5.96 Å². The first-order valence-electron chi connectivity index (χ1n) is 8.51. The van der Waals surface area contributed by atoms with E-state index < -0.39 is 0 Å². The third-order valence-corrected chi connectivity index (χ3v) is 4.02. The first-order chi connectivity index (χ1) is 11.6. The minimum Gasteiger partial charge on any atom is -0.357 e. The Balaban J connectivity index is 1.85. The number of hydrogen-bond donors (Lipinski definition) is 2. The van der Waals surface area contributed by atoms with E-state index >= 15 is 0 Å². The number of nitrogens with zero attached hydrogens (tertiary/aromatic N) is 4. The Morgan fingerprint density at radius 3 is 2.71 bits per heavy atom. The van der Waals surface area contributed by atoms with Crippen LogP contribution in [-0.2, 0) is 4.79 Å². The van der Waals surface area contributed by atoms with Crippen LogP contribution < -0.4 is 15.5 Å². The minimum atomic E-state index is -0.00262. The topological polar surface area (TPSA) is 72.9 Å². The van der Waals surface area contributed by atoms with E-state index in [0.29, 0.717) is 12.0 Å². The highest BCUT2D eigenvalue weighted by atomic mass is 16.2. The maximum absolute atomic E-state index is 11.7. The molecular formula is C17H28N6O. The molecule has 132 valence electrons. The molecular weight excluding hydrogens is 304 g/mol. The summed E-state index contributed by atoms with van der Waals surface area (Å²) in [6.07, 6.45) is 3.86. The fourth-order valence-electron chi connectivity index (χ4n) is 2.60. The summed E-state index contributed by atoms with van der Waals surface area (Å²) in [4.78, 5) is 24.3. The van der Waals surface area contributed by atoms with Crippen LogP contribution in [-0.4, -0.2) is 68.1 Å². The fraction of sp³-hybridized carbons (Fsp3) is 0.588. The van der Waals surface area contributed by atoms with Gasteiger partial charge in [-0.05, 0) is 31.9 Å². The van der Waals surface area contributed by atoms with Gasteiger partial charge in [0.2, 0.25) is 5.91 Å². The monoisotopic (exact) mass is 332 g/mol. The van der Waals surface area contributed by atoms with Crippen molar-refractivity contribution in [3.05, 3.63) is 24.4 Å². The van der Waals surface area contributed by atoms with E-state index in [1.807, 2.05) is 31.3 Å². The highest BCUT2D eigenvalue weighted by molar-refractivity contribution is 5.84. The number of aromatic nitrogens is 1. The molecule has 1 aromatic heterocycles. The Hall–Kier alpha value is -2.31. The van der Waals surface area contributed by atoms with Gasteiger partial charge in [0, 0.05) is 46.0 Å². The average Bonchev–Trinajstić information content (AvgIpc) is 2.61. The van der Waals surface area contributed by atoms with Crippen molar-refractivity contribution in [1.29, 1.82) is 0 Å². The molecule has 1 saturated heterocycles. The maximum Gasteiger partial charge on any atom is 0.243 e. The third kappa shape index (κ3) is 5.40. The second kappa shape index (κ2) is 9.10. The van der Waals surface area contributed by atoms with Crippen LogP contribution in [0.1, 0.15) is 19.8 Å². The van der Waals surface area contributed by atoms with Crippen molar-refractivity contribution in [3.8, 4) is 0 Å². The Morgan fingerprint density at radius 1 is 1.38 bits per heavy atom. The summed E-state index contributed by atoms with van der Waals surface area (Å²) < 4.78 is 0. The molecule has 0 atom stereocenters. The number of likely N-dealkylation sites (N-methyl/N-ethyl adjacent to an activating group) is 1.